The molecule has 3 aliphatic rings. The zero-order valence-electron chi connectivity index (χ0n) is 15.6. The monoisotopic (exact) mass is 485 g/mol. The van der Waals surface area contributed by atoms with Crippen molar-refractivity contribution in [2.75, 3.05) is 34.0 Å². The fraction of sp³-hybridized carbons (Fsp3) is 0.550. The van der Waals surface area contributed by atoms with E-state index in [1.165, 1.54) is 0 Å². The third-order valence-corrected chi connectivity index (χ3v) is 6.66. The van der Waals surface area contributed by atoms with Crippen molar-refractivity contribution >= 4 is 28.5 Å². The number of fused-ring (bicyclic) bond motifs is 1. The van der Waals surface area contributed by atoms with Gasteiger partial charge in [0.1, 0.15) is 0 Å². The average molecular weight is 485 g/mol. The van der Waals surface area contributed by atoms with Crippen molar-refractivity contribution < 1.29 is 23.7 Å². The van der Waals surface area contributed by atoms with Gasteiger partial charge in [-0.2, -0.15) is 0 Å². The van der Waals surface area contributed by atoms with Crippen LogP contribution in [0.25, 0.3) is 0 Å². The van der Waals surface area contributed by atoms with Gasteiger partial charge in [-0.1, -0.05) is 0 Å². The Morgan fingerprint density at radius 2 is 1.93 bits per heavy atom. The second kappa shape index (κ2) is 7.60. The summed E-state index contributed by atoms with van der Waals surface area (Å²) in [5.74, 6) is 1.05. The van der Waals surface area contributed by atoms with Crippen molar-refractivity contribution in [3.63, 3.8) is 0 Å². The highest BCUT2D eigenvalue weighted by atomic mass is 127. The smallest absolute Gasteiger partial charge is 0.247 e. The van der Waals surface area contributed by atoms with Crippen LogP contribution in [-0.2, 0) is 20.7 Å². The summed E-state index contributed by atoms with van der Waals surface area (Å²) in [7, 11) is 3.27. The Balaban J connectivity index is 1.45. The molecule has 146 valence electrons. The van der Waals surface area contributed by atoms with Crippen LogP contribution >= 0.6 is 22.6 Å². The summed E-state index contributed by atoms with van der Waals surface area (Å²) >= 11 is 2.31. The molecule has 2 heterocycles. The molecular formula is C20H24INO5. The maximum absolute atomic E-state index is 12.6. The Hall–Kier alpha value is -1.32. The predicted molar refractivity (Wildman–Crippen MR) is 108 cm³/mol. The highest BCUT2D eigenvalue weighted by molar-refractivity contribution is 14.1. The van der Waals surface area contributed by atoms with Crippen LogP contribution in [0.3, 0.4) is 0 Å². The highest BCUT2D eigenvalue weighted by Crippen LogP contribution is 2.42. The molecule has 0 bridgehead atoms. The van der Waals surface area contributed by atoms with Gasteiger partial charge in [0.05, 0.1) is 33.5 Å². The van der Waals surface area contributed by atoms with Gasteiger partial charge in [-0.3, -0.25) is 4.79 Å². The van der Waals surface area contributed by atoms with Crippen molar-refractivity contribution in [2.45, 2.75) is 37.5 Å². The van der Waals surface area contributed by atoms with Gasteiger partial charge in [-0.25, -0.2) is 0 Å². The summed E-state index contributed by atoms with van der Waals surface area (Å²) in [6.45, 7) is 1.98. The van der Waals surface area contributed by atoms with E-state index in [2.05, 4.69) is 22.6 Å². The van der Waals surface area contributed by atoms with Crippen LogP contribution in [0.15, 0.2) is 23.8 Å². The second-order valence-electron chi connectivity index (χ2n) is 7.14. The molecule has 1 saturated carbocycles. The number of benzene rings is 1. The number of halogens is 1. The fourth-order valence-electron chi connectivity index (χ4n) is 4.30. The number of rotatable bonds is 5. The molecule has 1 aromatic rings. The molecule has 1 unspecified atom stereocenters. The van der Waals surface area contributed by atoms with Crippen LogP contribution in [-0.4, -0.2) is 56.6 Å². The minimum absolute atomic E-state index is 0.0977. The molecule has 4 rings (SSSR count). The topological polar surface area (TPSA) is 57.2 Å². The van der Waals surface area contributed by atoms with Gasteiger partial charge in [0.2, 0.25) is 5.91 Å². The van der Waals surface area contributed by atoms with Crippen molar-refractivity contribution in [2.24, 2.45) is 0 Å². The first-order valence-electron chi connectivity index (χ1n) is 9.24. The SMILES string of the molecule is COc1cc(I)c(CCN2C(=O)C=C3CC4(CCC32)OCCO4)cc1OC. The summed E-state index contributed by atoms with van der Waals surface area (Å²) in [6, 6.07) is 4.16. The Morgan fingerprint density at radius 3 is 2.63 bits per heavy atom. The van der Waals surface area contributed by atoms with Gasteiger partial charge in [-0.05, 0) is 58.7 Å². The average Bonchev–Trinajstić information content (AvgIpc) is 3.24. The van der Waals surface area contributed by atoms with Gasteiger partial charge in [0.15, 0.2) is 17.3 Å². The Morgan fingerprint density at radius 1 is 1.22 bits per heavy atom. The van der Waals surface area contributed by atoms with E-state index in [1.807, 2.05) is 17.0 Å². The van der Waals surface area contributed by atoms with Crippen LogP contribution in [0.4, 0.5) is 0 Å². The number of carbonyl (C=O) groups is 1. The molecule has 7 heteroatoms. The van der Waals surface area contributed by atoms with Crippen LogP contribution in [0.5, 0.6) is 11.5 Å². The first-order valence-corrected chi connectivity index (χ1v) is 10.3. The van der Waals surface area contributed by atoms with Crippen LogP contribution in [0, 0.1) is 3.57 Å². The standard InChI is InChI=1S/C20H24INO5/c1-24-17-9-13(15(21)11-18(17)25-2)4-6-22-16-3-5-20(26-7-8-27-20)12-14(16)10-19(22)23/h9-11,16H,3-8,12H2,1-2H3. The van der Waals surface area contributed by atoms with E-state index in [9.17, 15) is 4.79 Å². The lowest BCUT2D eigenvalue weighted by atomic mass is 9.86. The first kappa shape index (κ1) is 19.0. The molecular weight excluding hydrogens is 461 g/mol. The van der Waals surface area contributed by atoms with Gasteiger partial charge >= 0.3 is 0 Å². The van der Waals surface area contributed by atoms with Crippen molar-refractivity contribution in [3.05, 3.63) is 32.9 Å². The van der Waals surface area contributed by atoms with Crippen LogP contribution in [0.1, 0.15) is 24.8 Å². The zero-order valence-corrected chi connectivity index (χ0v) is 17.8. The number of ether oxygens (including phenoxy) is 4. The maximum atomic E-state index is 12.6. The normalized spacial score (nSPS) is 23.5. The molecule has 1 aliphatic carbocycles. The quantitative estimate of drug-likeness (QED) is 0.601. The van der Waals surface area contributed by atoms with E-state index < -0.39 is 5.79 Å². The lowest BCUT2D eigenvalue weighted by molar-refractivity contribution is -0.171. The lowest BCUT2D eigenvalue weighted by Gasteiger charge is -2.38. The summed E-state index contributed by atoms with van der Waals surface area (Å²) in [4.78, 5) is 14.6. The van der Waals surface area contributed by atoms with Gasteiger partial charge < -0.3 is 23.8 Å². The van der Waals surface area contributed by atoms with Gasteiger partial charge in [0.25, 0.3) is 0 Å². The Labute approximate surface area is 172 Å². The van der Waals surface area contributed by atoms with Gasteiger partial charge in [0, 0.05) is 29.0 Å². The first-order chi connectivity index (χ1) is 13.0. The molecule has 1 spiro atoms. The van der Waals surface area contributed by atoms with E-state index >= 15 is 0 Å². The van der Waals surface area contributed by atoms with E-state index in [0.717, 1.165) is 45.5 Å². The molecule has 6 nitrogen and oxygen atoms in total. The largest absolute Gasteiger partial charge is 0.493 e. The predicted octanol–water partition coefficient (Wildman–Crippen LogP) is 2.92. The second-order valence-corrected chi connectivity index (χ2v) is 8.30. The Kier molecular flexibility index (Phi) is 5.35. The number of hydrogen-bond donors (Lipinski definition) is 0. The zero-order chi connectivity index (χ0) is 19.0. The molecule has 2 fully saturated rings. The van der Waals surface area contributed by atoms with Crippen molar-refractivity contribution in [1.29, 1.82) is 0 Å². The third-order valence-electron chi connectivity index (χ3n) is 5.66. The van der Waals surface area contributed by atoms with E-state index in [4.69, 9.17) is 18.9 Å². The fourth-order valence-corrected chi connectivity index (χ4v) is 5.00. The number of nitrogens with zero attached hydrogens (tertiary/aromatic N) is 1. The molecule has 2 aliphatic heterocycles. The van der Waals surface area contributed by atoms with E-state index in [1.54, 1.807) is 20.3 Å². The number of carbonyl (C=O) groups excluding carboxylic acids is 1. The lowest BCUT2D eigenvalue weighted by Crippen LogP contribution is -2.44. The number of hydrogen-bond acceptors (Lipinski definition) is 5. The third kappa shape index (κ3) is 3.56. The maximum Gasteiger partial charge on any atom is 0.247 e. The van der Waals surface area contributed by atoms with Crippen LogP contribution < -0.4 is 9.47 Å². The molecule has 0 aromatic heterocycles. The molecule has 1 aromatic carbocycles. The number of methoxy groups -OCH3 is 2. The van der Waals surface area contributed by atoms with Crippen molar-refractivity contribution in [1.82, 2.24) is 4.90 Å². The summed E-state index contributed by atoms with van der Waals surface area (Å²) in [6.07, 6.45) is 5.00. The minimum atomic E-state index is -0.489. The minimum Gasteiger partial charge on any atom is -0.493 e. The number of amides is 1. The molecule has 0 radical (unpaired) electrons. The molecule has 27 heavy (non-hydrogen) atoms. The summed E-state index contributed by atoms with van der Waals surface area (Å²) < 4.78 is 23.6. The van der Waals surface area contributed by atoms with E-state index in [-0.39, 0.29) is 11.9 Å². The highest BCUT2D eigenvalue weighted by Gasteiger charge is 2.46. The summed E-state index contributed by atoms with van der Waals surface area (Å²) in [5.41, 5.74) is 2.30. The van der Waals surface area contributed by atoms with Crippen molar-refractivity contribution in [3.8, 4) is 11.5 Å². The molecule has 1 saturated heterocycles. The van der Waals surface area contributed by atoms with Gasteiger partial charge in [-0.15, -0.1) is 0 Å². The summed E-state index contributed by atoms with van der Waals surface area (Å²) in [5, 5.41) is 0. The van der Waals surface area contributed by atoms with Crippen LogP contribution in [0.2, 0.25) is 0 Å². The Bertz CT molecular complexity index is 772. The molecule has 1 atom stereocenters. The van der Waals surface area contributed by atoms with E-state index in [0.29, 0.717) is 26.2 Å². The molecule has 0 N–H and O–H groups in total. The molecule has 1 amide bonds.